The van der Waals surface area contributed by atoms with Crippen LogP contribution < -0.4 is 24.4 Å². The van der Waals surface area contributed by atoms with Gasteiger partial charge in [-0.25, -0.2) is 0 Å². The van der Waals surface area contributed by atoms with Crippen LogP contribution in [-0.4, -0.2) is 40.3 Å². The molecule has 2 aromatic carbocycles. The molecule has 1 saturated heterocycles. The SMILES string of the molecule is COc1ccc(CNC(=O)C[NH+]2CCC[C@@H]2c2ccc(OC)cc2OC)cc1. The summed E-state index contributed by atoms with van der Waals surface area (Å²) < 4.78 is 16.0. The van der Waals surface area contributed by atoms with Gasteiger partial charge >= 0.3 is 0 Å². The predicted molar refractivity (Wildman–Crippen MR) is 107 cm³/mol. The van der Waals surface area contributed by atoms with E-state index in [1.165, 1.54) is 4.90 Å². The van der Waals surface area contributed by atoms with Gasteiger partial charge < -0.3 is 24.4 Å². The molecule has 0 radical (unpaired) electrons. The summed E-state index contributed by atoms with van der Waals surface area (Å²) in [5, 5.41) is 3.03. The van der Waals surface area contributed by atoms with Crippen LogP contribution in [0.1, 0.15) is 30.0 Å². The largest absolute Gasteiger partial charge is 0.497 e. The number of hydrogen-bond acceptors (Lipinski definition) is 4. The van der Waals surface area contributed by atoms with E-state index in [1.807, 2.05) is 36.4 Å². The number of nitrogens with one attached hydrogen (secondary N) is 2. The average Bonchev–Trinajstić information content (AvgIpc) is 3.19. The minimum Gasteiger partial charge on any atom is -0.497 e. The van der Waals surface area contributed by atoms with Crippen LogP contribution in [0.25, 0.3) is 0 Å². The van der Waals surface area contributed by atoms with Crippen LogP contribution >= 0.6 is 0 Å². The third-order valence-electron chi connectivity index (χ3n) is 5.34. The lowest BCUT2D eigenvalue weighted by atomic mass is 10.0. The number of benzene rings is 2. The topological polar surface area (TPSA) is 61.2 Å². The highest BCUT2D eigenvalue weighted by atomic mass is 16.5. The maximum atomic E-state index is 12.5. The fourth-order valence-corrected chi connectivity index (χ4v) is 3.82. The molecular weight excluding hydrogens is 356 g/mol. The first kappa shape index (κ1) is 20.0. The molecule has 28 heavy (non-hydrogen) atoms. The van der Waals surface area contributed by atoms with Gasteiger partial charge in [0, 0.05) is 25.5 Å². The molecular formula is C22H29N2O4+. The maximum Gasteiger partial charge on any atom is 0.275 e. The van der Waals surface area contributed by atoms with Gasteiger partial charge in [-0.3, -0.25) is 4.79 Å². The number of likely N-dealkylation sites (tertiary alicyclic amines) is 1. The molecule has 0 aliphatic carbocycles. The first-order valence-electron chi connectivity index (χ1n) is 9.60. The first-order valence-corrected chi connectivity index (χ1v) is 9.60. The molecule has 1 heterocycles. The van der Waals surface area contributed by atoms with E-state index in [9.17, 15) is 4.79 Å². The number of rotatable bonds is 8. The van der Waals surface area contributed by atoms with E-state index in [1.54, 1.807) is 21.3 Å². The summed E-state index contributed by atoms with van der Waals surface area (Å²) in [5.41, 5.74) is 2.19. The van der Waals surface area contributed by atoms with Crippen LogP contribution in [-0.2, 0) is 11.3 Å². The Labute approximate surface area is 166 Å². The Morgan fingerprint density at radius 2 is 1.75 bits per heavy atom. The number of methoxy groups -OCH3 is 3. The Morgan fingerprint density at radius 1 is 1.04 bits per heavy atom. The van der Waals surface area contributed by atoms with E-state index in [4.69, 9.17) is 14.2 Å². The van der Waals surface area contributed by atoms with Crippen molar-refractivity contribution in [2.75, 3.05) is 34.4 Å². The van der Waals surface area contributed by atoms with Crippen molar-refractivity contribution in [3.8, 4) is 17.2 Å². The van der Waals surface area contributed by atoms with Gasteiger partial charge in [0.15, 0.2) is 6.54 Å². The first-order chi connectivity index (χ1) is 13.6. The summed E-state index contributed by atoms with van der Waals surface area (Å²) in [4.78, 5) is 13.8. The molecule has 0 bridgehead atoms. The van der Waals surface area contributed by atoms with E-state index in [2.05, 4.69) is 11.4 Å². The molecule has 150 valence electrons. The van der Waals surface area contributed by atoms with Crippen molar-refractivity contribution >= 4 is 5.91 Å². The smallest absolute Gasteiger partial charge is 0.275 e. The minimum atomic E-state index is 0.0604. The number of amides is 1. The van der Waals surface area contributed by atoms with Gasteiger partial charge in [-0.05, 0) is 29.8 Å². The zero-order valence-electron chi connectivity index (χ0n) is 16.8. The van der Waals surface area contributed by atoms with Gasteiger partial charge in [-0.2, -0.15) is 0 Å². The molecule has 1 fully saturated rings. The van der Waals surface area contributed by atoms with Gasteiger partial charge in [-0.1, -0.05) is 12.1 Å². The zero-order valence-corrected chi connectivity index (χ0v) is 16.8. The van der Waals surface area contributed by atoms with Crippen LogP contribution in [0.5, 0.6) is 17.2 Å². The second-order valence-electron chi connectivity index (χ2n) is 7.01. The molecule has 1 unspecified atom stereocenters. The van der Waals surface area contributed by atoms with Crippen LogP contribution in [0, 0.1) is 0 Å². The van der Waals surface area contributed by atoms with Gasteiger partial charge in [0.1, 0.15) is 23.3 Å². The number of ether oxygens (including phenoxy) is 3. The van der Waals surface area contributed by atoms with Gasteiger partial charge in [0.25, 0.3) is 5.91 Å². The average molecular weight is 385 g/mol. The predicted octanol–water partition coefficient (Wildman–Crippen LogP) is 1.75. The highest BCUT2D eigenvalue weighted by molar-refractivity contribution is 5.76. The molecule has 0 saturated carbocycles. The van der Waals surface area contributed by atoms with Crippen LogP contribution in [0.15, 0.2) is 42.5 Å². The number of carbonyl (C=O) groups excluding carboxylic acids is 1. The lowest BCUT2D eigenvalue weighted by Gasteiger charge is -2.23. The second kappa shape index (κ2) is 9.46. The van der Waals surface area contributed by atoms with Crippen molar-refractivity contribution in [1.82, 2.24) is 5.32 Å². The monoisotopic (exact) mass is 385 g/mol. The van der Waals surface area contributed by atoms with Gasteiger partial charge in [0.05, 0.1) is 33.4 Å². The molecule has 3 rings (SSSR count). The molecule has 0 aromatic heterocycles. The summed E-state index contributed by atoms with van der Waals surface area (Å²) in [6.45, 7) is 1.96. The molecule has 1 aliphatic rings. The van der Waals surface area contributed by atoms with Gasteiger partial charge in [0.2, 0.25) is 0 Å². The standard InChI is InChI=1S/C22H28N2O4/c1-26-17-8-6-16(7-9-17)14-23-22(25)15-24-12-4-5-20(24)19-11-10-18(27-2)13-21(19)28-3/h6-11,13,20H,4-5,12,14-15H2,1-3H3,(H,23,25)/p+1/t20-/m1/s1. The van der Waals surface area contributed by atoms with E-state index < -0.39 is 0 Å². The normalized spacial score (nSPS) is 18.5. The lowest BCUT2D eigenvalue weighted by Crippen LogP contribution is -3.11. The molecule has 2 atom stereocenters. The highest BCUT2D eigenvalue weighted by Crippen LogP contribution is 2.31. The molecule has 0 spiro atoms. The Balaban J connectivity index is 1.60. The fourth-order valence-electron chi connectivity index (χ4n) is 3.82. The third kappa shape index (κ3) is 4.75. The number of carbonyl (C=O) groups is 1. The Bertz CT molecular complexity index is 792. The number of quaternary nitrogens is 1. The molecule has 6 nitrogen and oxygen atoms in total. The quantitative estimate of drug-likeness (QED) is 0.727. The minimum absolute atomic E-state index is 0.0604. The van der Waals surface area contributed by atoms with E-state index >= 15 is 0 Å². The molecule has 6 heteroatoms. The summed E-state index contributed by atoms with van der Waals surface area (Å²) in [5.74, 6) is 2.47. The fraction of sp³-hybridized carbons (Fsp3) is 0.409. The Morgan fingerprint density at radius 3 is 2.43 bits per heavy atom. The summed E-state index contributed by atoms with van der Waals surface area (Å²) in [6, 6.07) is 13.9. The van der Waals surface area contributed by atoms with Crippen molar-refractivity contribution < 1.29 is 23.9 Å². The van der Waals surface area contributed by atoms with Crippen LogP contribution in [0.4, 0.5) is 0 Å². The van der Waals surface area contributed by atoms with E-state index in [-0.39, 0.29) is 11.9 Å². The second-order valence-corrected chi connectivity index (χ2v) is 7.01. The lowest BCUT2D eigenvalue weighted by molar-refractivity contribution is -0.910. The van der Waals surface area contributed by atoms with E-state index in [0.29, 0.717) is 13.1 Å². The summed E-state index contributed by atoms with van der Waals surface area (Å²) in [7, 11) is 4.97. The van der Waals surface area contributed by atoms with Crippen molar-refractivity contribution in [2.24, 2.45) is 0 Å². The highest BCUT2D eigenvalue weighted by Gasteiger charge is 2.33. The van der Waals surface area contributed by atoms with Gasteiger partial charge in [-0.15, -0.1) is 0 Å². The zero-order chi connectivity index (χ0) is 19.9. The molecule has 1 amide bonds. The molecule has 2 N–H and O–H groups in total. The summed E-state index contributed by atoms with van der Waals surface area (Å²) in [6.07, 6.45) is 2.14. The number of hydrogen-bond donors (Lipinski definition) is 2. The van der Waals surface area contributed by atoms with Crippen molar-refractivity contribution in [3.05, 3.63) is 53.6 Å². The Hall–Kier alpha value is -2.73. The van der Waals surface area contributed by atoms with Crippen molar-refractivity contribution in [3.63, 3.8) is 0 Å². The van der Waals surface area contributed by atoms with E-state index in [0.717, 1.165) is 47.8 Å². The third-order valence-corrected chi connectivity index (χ3v) is 5.34. The van der Waals surface area contributed by atoms with Crippen molar-refractivity contribution in [2.45, 2.75) is 25.4 Å². The van der Waals surface area contributed by atoms with Crippen LogP contribution in [0.3, 0.4) is 0 Å². The summed E-state index contributed by atoms with van der Waals surface area (Å²) >= 11 is 0. The maximum absolute atomic E-state index is 12.5. The molecule has 1 aliphatic heterocycles. The van der Waals surface area contributed by atoms with Crippen LogP contribution in [0.2, 0.25) is 0 Å². The molecule has 2 aromatic rings. The van der Waals surface area contributed by atoms with Crippen molar-refractivity contribution in [1.29, 1.82) is 0 Å². The Kier molecular flexibility index (Phi) is 6.76.